The van der Waals surface area contributed by atoms with E-state index >= 15 is 0 Å². The van der Waals surface area contributed by atoms with E-state index in [0.717, 1.165) is 23.7 Å². The normalized spacial score (nSPS) is 15.6. The Hall–Kier alpha value is -1.35. The fraction of sp³-hybridized carbons (Fsp3) is 0.429. The van der Waals surface area contributed by atoms with Crippen LogP contribution in [0.1, 0.15) is 31.0 Å². The maximum Gasteiger partial charge on any atom is 0.125 e. The van der Waals surface area contributed by atoms with E-state index in [2.05, 4.69) is 10.6 Å². The summed E-state index contributed by atoms with van der Waals surface area (Å²) in [5.74, 6) is -0.150. The zero-order valence-electron chi connectivity index (χ0n) is 9.82. The summed E-state index contributed by atoms with van der Waals surface area (Å²) in [5.41, 5.74) is 7.91. The number of aryl methyl sites for hydroxylation is 1. The molecule has 0 spiro atoms. The Kier molecular flexibility index (Phi) is 2.63. The second kappa shape index (κ2) is 4.15. The molecule has 3 rings (SSSR count). The Morgan fingerprint density at radius 2 is 2.12 bits per heavy atom. The fourth-order valence-corrected chi connectivity index (χ4v) is 2.49. The molecule has 0 unspecified atom stereocenters. The molecule has 2 N–H and O–H groups in total. The lowest BCUT2D eigenvalue weighted by Gasteiger charge is -2.08. The predicted molar refractivity (Wildman–Crippen MR) is 67.5 cm³/mol. The third-order valence-electron chi connectivity index (χ3n) is 3.43. The van der Waals surface area contributed by atoms with Crippen molar-refractivity contribution in [3.8, 4) is 0 Å². The van der Waals surface area contributed by atoms with Crippen LogP contribution in [0.3, 0.4) is 0 Å². The largest absolute Gasteiger partial charge is 0.341 e. The van der Waals surface area contributed by atoms with E-state index in [4.69, 9.17) is 5.73 Å². The minimum Gasteiger partial charge on any atom is -0.341 e. The van der Waals surface area contributed by atoms with Gasteiger partial charge in [-0.2, -0.15) is 0 Å². The molecule has 1 fully saturated rings. The molecule has 1 heterocycles. The van der Waals surface area contributed by atoms with Crippen molar-refractivity contribution in [3.05, 3.63) is 35.8 Å². The lowest BCUT2D eigenvalue weighted by atomic mass is 10.2. The van der Waals surface area contributed by atoms with Gasteiger partial charge in [-0.3, -0.25) is 0 Å². The van der Waals surface area contributed by atoms with Crippen LogP contribution >= 0.6 is 0 Å². The minimum atomic E-state index is -0.150. The van der Waals surface area contributed by atoms with Gasteiger partial charge in [-0.15, -0.1) is 0 Å². The van der Waals surface area contributed by atoms with E-state index in [1.165, 1.54) is 24.6 Å². The van der Waals surface area contributed by atoms with Crippen LogP contribution in [0.25, 0.3) is 10.9 Å². The molecule has 1 aromatic heterocycles. The number of halogens is 1. The summed E-state index contributed by atoms with van der Waals surface area (Å²) in [7, 11) is 0. The number of benzene rings is 1. The van der Waals surface area contributed by atoms with Crippen molar-refractivity contribution in [2.24, 2.45) is 5.73 Å². The second-order valence-corrected chi connectivity index (χ2v) is 4.83. The summed E-state index contributed by atoms with van der Waals surface area (Å²) in [6, 6.07) is 7.83. The molecule has 0 atom stereocenters. The molecular formula is C14H17FN2. The van der Waals surface area contributed by atoms with Crippen LogP contribution in [-0.2, 0) is 6.42 Å². The first kappa shape index (κ1) is 10.8. The zero-order chi connectivity index (χ0) is 11.8. The van der Waals surface area contributed by atoms with Crippen molar-refractivity contribution < 1.29 is 4.39 Å². The Balaban J connectivity index is 2.10. The highest BCUT2D eigenvalue weighted by molar-refractivity contribution is 5.81. The van der Waals surface area contributed by atoms with Crippen LogP contribution in [0.4, 0.5) is 4.39 Å². The molecule has 0 saturated heterocycles. The van der Waals surface area contributed by atoms with E-state index in [1.807, 2.05) is 6.07 Å². The number of rotatable bonds is 4. The lowest BCUT2D eigenvalue weighted by Crippen LogP contribution is -2.05. The first-order chi connectivity index (χ1) is 8.29. The summed E-state index contributed by atoms with van der Waals surface area (Å²) in [5, 5.41) is 1.14. The van der Waals surface area contributed by atoms with Crippen molar-refractivity contribution in [1.29, 1.82) is 0 Å². The van der Waals surface area contributed by atoms with Gasteiger partial charge in [-0.25, -0.2) is 4.39 Å². The van der Waals surface area contributed by atoms with Crippen LogP contribution in [0.15, 0.2) is 24.3 Å². The monoisotopic (exact) mass is 232 g/mol. The third-order valence-corrected chi connectivity index (χ3v) is 3.43. The van der Waals surface area contributed by atoms with Gasteiger partial charge in [-0.1, -0.05) is 0 Å². The van der Waals surface area contributed by atoms with Crippen molar-refractivity contribution >= 4 is 10.9 Å². The molecule has 3 heteroatoms. The van der Waals surface area contributed by atoms with E-state index in [-0.39, 0.29) is 5.82 Å². The zero-order valence-corrected chi connectivity index (χ0v) is 9.82. The van der Waals surface area contributed by atoms with Gasteiger partial charge in [0.2, 0.25) is 0 Å². The van der Waals surface area contributed by atoms with Gasteiger partial charge < -0.3 is 10.3 Å². The summed E-state index contributed by atoms with van der Waals surface area (Å²) < 4.78 is 15.6. The average Bonchev–Trinajstić information content (AvgIpc) is 3.08. The maximum atomic E-state index is 13.3. The fourth-order valence-electron chi connectivity index (χ4n) is 2.49. The first-order valence-electron chi connectivity index (χ1n) is 6.29. The highest BCUT2D eigenvalue weighted by Gasteiger charge is 2.27. The molecule has 2 aromatic rings. The Morgan fingerprint density at radius 1 is 1.29 bits per heavy atom. The standard InChI is InChI=1S/C14H17FN2/c15-11-4-3-10-8-13(2-1-7-16)17(12-5-6-12)14(10)9-11/h3-4,8-9,12H,1-2,5-7,16H2. The van der Waals surface area contributed by atoms with E-state index in [9.17, 15) is 4.39 Å². The summed E-state index contributed by atoms with van der Waals surface area (Å²) >= 11 is 0. The van der Waals surface area contributed by atoms with Crippen LogP contribution in [0, 0.1) is 5.82 Å². The molecule has 1 saturated carbocycles. The van der Waals surface area contributed by atoms with E-state index in [0.29, 0.717) is 12.6 Å². The average molecular weight is 232 g/mol. The van der Waals surface area contributed by atoms with E-state index in [1.54, 1.807) is 6.07 Å². The molecule has 0 amide bonds. The van der Waals surface area contributed by atoms with Gasteiger partial charge in [0.15, 0.2) is 0 Å². The molecule has 1 aliphatic carbocycles. The van der Waals surface area contributed by atoms with Gasteiger partial charge in [0.05, 0.1) is 5.52 Å². The van der Waals surface area contributed by atoms with Gasteiger partial charge in [0.25, 0.3) is 0 Å². The number of hydrogen-bond acceptors (Lipinski definition) is 1. The van der Waals surface area contributed by atoms with Crippen molar-refractivity contribution in [2.75, 3.05) is 6.54 Å². The van der Waals surface area contributed by atoms with Crippen LogP contribution in [0.2, 0.25) is 0 Å². The SMILES string of the molecule is NCCCc1cc2ccc(F)cc2n1C1CC1. The number of nitrogens with zero attached hydrogens (tertiary/aromatic N) is 1. The van der Waals surface area contributed by atoms with Crippen LogP contribution in [0.5, 0.6) is 0 Å². The van der Waals surface area contributed by atoms with Gasteiger partial charge in [0, 0.05) is 17.1 Å². The molecule has 2 nitrogen and oxygen atoms in total. The quantitative estimate of drug-likeness (QED) is 0.863. The van der Waals surface area contributed by atoms with Crippen LogP contribution < -0.4 is 5.73 Å². The van der Waals surface area contributed by atoms with E-state index < -0.39 is 0 Å². The van der Waals surface area contributed by atoms with Gasteiger partial charge >= 0.3 is 0 Å². The minimum absolute atomic E-state index is 0.150. The Morgan fingerprint density at radius 3 is 2.82 bits per heavy atom. The molecule has 0 bridgehead atoms. The molecule has 0 radical (unpaired) electrons. The maximum absolute atomic E-state index is 13.3. The molecule has 17 heavy (non-hydrogen) atoms. The smallest absolute Gasteiger partial charge is 0.125 e. The number of hydrogen-bond donors (Lipinski definition) is 1. The number of aromatic nitrogens is 1. The summed E-state index contributed by atoms with van der Waals surface area (Å²) in [6.45, 7) is 0.709. The van der Waals surface area contributed by atoms with Crippen molar-refractivity contribution in [2.45, 2.75) is 31.7 Å². The topological polar surface area (TPSA) is 30.9 Å². The Labute approximate surface area is 100 Å². The molecule has 1 aromatic carbocycles. The summed E-state index contributed by atoms with van der Waals surface area (Å²) in [6.07, 6.45) is 4.42. The highest BCUT2D eigenvalue weighted by atomic mass is 19.1. The molecule has 90 valence electrons. The molecular weight excluding hydrogens is 215 g/mol. The van der Waals surface area contributed by atoms with Crippen molar-refractivity contribution in [1.82, 2.24) is 4.57 Å². The second-order valence-electron chi connectivity index (χ2n) is 4.83. The summed E-state index contributed by atoms with van der Waals surface area (Å²) in [4.78, 5) is 0. The first-order valence-corrected chi connectivity index (χ1v) is 6.29. The number of fused-ring (bicyclic) bond motifs is 1. The molecule has 1 aliphatic rings. The highest BCUT2D eigenvalue weighted by Crippen LogP contribution is 2.40. The molecule has 0 aliphatic heterocycles. The van der Waals surface area contributed by atoms with Gasteiger partial charge in [0.1, 0.15) is 5.82 Å². The van der Waals surface area contributed by atoms with Crippen molar-refractivity contribution in [3.63, 3.8) is 0 Å². The lowest BCUT2D eigenvalue weighted by molar-refractivity contribution is 0.627. The van der Waals surface area contributed by atoms with Crippen LogP contribution in [-0.4, -0.2) is 11.1 Å². The predicted octanol–water partition coefficient (Wildman–Crippen LogP) is 3.01. The number of nitrogens with two attached hydrogens (primary N) is 1. The van der Waals surface area contributed by atoms with Gasteiger partial charge in [-0.05, 0) is 56.5 Å². The Bertz CT molecular complexity index is 540. The third kappa shape index (κ3) is 1.95.